The van der Waals surface area contributed by atoms with Gasteiger partial charge in [-0.3, -0.25) is 4.79 Å². The third-order valence-corrected chi connectivity index (χ3v) is 4.60. The number of hydrogen-bond acceptors (Lipinski definition) is 2. The largest absolute Gasteiger partial charge is 0.495 e. The van der Waals surface area contributed by atoms with E-state index in [1.807, 2.05) is 35.2 Å². The first-order valence-corrected chi connectivity index (χ1v) is 8.19. The number of fused-ring (bicyclic) bond motifs is 1. The molecule has 23 heavy (non-hydrogen) atoms. The molecule has 1 heterocycles. The summed E-state index contributed by atoms with van der Waals surface area (Å²) in [6.07, 6.45) is 2.34. The molecule has 0 bridgehead atoms. The quantitative estimate of drug-likeness (QED) is 0.845. The first-order chi connectivity index (χ1) is 11.1. The van der Waals surface area contributed by atoms with Crippen LogP contribution in [0, 0.1) is 6.92 Å². The average molecular weight is 330 g/mol. The van der Waals surface area contributed by atoms with Gasteiger partial charge >= 0.3 is 0 Å². The number of rotatable bonds is 3. The summed E-state index contributed by atoms with van der Waals surface area (Å²) in [5.41, 5.74) is 4.35. The van der Waals surface area contributed by atoms with Gasteiger partial charge in [0.1, 0.15) is 5.75 Å². The van der Waals surface area contributed by atoms with Crippen LogP contribution in [-0.2, 0) is 17.6 Å². The van der Waals surface area contributed by atoms with Crippen LogP contribution in [0.25, 0.3) is 0 Å². The average Bonchev–Trinajstić information content (AvgIpc) is 2.57. The van der Waals surface area contributed by atoms with E-state index in [1.165, 1.54) is 11.1 Å². The molecule has 0 saturated carbocycles. The standard InChI is InChI=1S/C19H20ClNO2/c1-13-5-10-17(23-2)19-16(13)4-3-11-21(19)18(22)12-14-6-8-15(20)9-7-14/h5-10H,3-4,11-12H2,1-2H3. The number of carbonyl (C=O) groups excluding carboxylic acids is 1. The fourth-order valence-corrected chi connectivity index (χ4v) is 3.27. The van der Waals surface area contributed by atoms with Crippen LogP contribution in [0.4, 0.5) is 5.69 Å². The van der Waals surface area contributed by atoms with Crippen molar-refractivity contribution in [2.45, 2.75) is 26.2 Å². The molecule has 0 unspecified atom stereocenters. The van der Waals surface area contributed by atoms with E-state index in [0.717, 1.165) is 36.4 Å². The van der Waals surface area contributed by atoms with E-state index in [-0.39, 0.29) is 5.91 Å². The van der Waals surface area contributed by atoms with Crippen molar-refractivity contribution in [2.75, 3.05) is 18.6 Å². The lowest BCUT2D eigenvalue weighted by Crippen LogP contribution is -2.37. The Kier molecular flexibility index (Phi) is 4.58. The molecule has 1 amide bonds. The molecule has 0 saturated heterocycles. The summed E-state index contributed by atoms with van der Waals surface area (Å²) in [5, 5.41) is 0.682. The molecule has 2 aromatic rings. The number of nitrogens with zero attached hydrogens (tertiary/aromatic N) is 1. The van der Waals surface area contributed by atoms with Gasteiger partial charge in [0.05, 0.1) is 19.2 Å². The van der Waals surface area contributed by atoms with Gasteiger partial charge in [0.15, 0.2) is 0 Å². The maximum Gasteiger partial charge on any atom is 0.231 e. The first-order valence-electron chi connectivity index (χ1n) is 7.81. The van der Waals surface area contributed by atoms with E-state index in [4.69, 9.17) is 16.3 Å². The number of amides is 1. The molecule has 0 aromatic heterocycles. The smallest absolute Gasteiger partial charge is 0.231 e. The zero-order chi connectivity index (χ0) is 16.4. The van der Waals surface area contributed by atoms with Crippen LogP contribution in [0.3, 0.4) is 0 Å². The van der Waals surface area contributed by atoms with Crippen molar-refractivity contribution < 1.29 is 9.53 Å². The van der Waals surface area contributed by atoms with Crippen LogP contribution in [0.5, 0.6) is 5.75 Å². The van der Waals surface area contributed by atoms with Crippen LogP contribution in [0.1, 0.15) is 23.1 Å². The molecule has 0 spiro atoms. The van der Waals surface area contributed by atoms with E-state index in [2.05, 4.69) is 13.0 Å². The topological polar surface area (TPSA) is 29.5 Å². The van der Waals surface area contributed by atoms with Crippen molar-refractivity contribution in [1.29, 1.82) is 0 Å². The molecule has 0 N–H and O–H groups in total. The minimum Gasteiger partial charge on any atom is -0.495 e. The summed E-state index contributed by atoms with van der Waals surface area (Å²) in [5.74, 6) is 0.868. The predicted octanol–water partition coefficient (Wildman–Crippen LogP) is 4.18. The molecular weight excluding hydrogens is 310 g/mol. The highest BCUT2D eigenvalue weighted by atomic mass is 35.5. The highest BCUT2D eigenvalue weighted by Gasteiger charge is 2.27. The summed E-state index contributed by atoms with van der Waals surface area (Å²) in [6, 6.07) is 11.4. The number of ether oxygens (including phenoxy) is 1. The number of methoxy groups -OCH3 is 1. The lowest BCUT2D eigenvalue weighted by atomic mass is 9.95. The number of carbonyl (C=O) groups is 1. The minimum absolute atomic E-state index is 0.0946. The van der Waals surface area contributed by atoms with Crippen LogP contribution < -0.4 is 9.64 Å². The maximum absolute atomic E-state index is 12.8. The Balaban J connectivity index is 1.91. The molecule has 0 aliphatic carbocycles. The summed E-state index contributed by atoms with van der Waals surface area (Å²) >= 11 is 5.91. The van der Waals surface area contributed by atoms with Gasteiger partial charge in [0, 0.05) is 11.6 Å². The Bertz CT molecular complexity index is 725. The van der Waals surface area contributed by atoms with E-state index in [1.54, 1.807) is 7.11 Å². The minimum atomic E-state index is 0.0946. The van der Waals surface area contributed by atoms with Crippen LogP contribution in [0.2, 0.25) is 5.02 Å². The lowest BCUT2D eigenvalue weighted by molar-refractivity contribution is -0.118. The van der Waals surface area contributed by atoms with Crippen LogP contribution in [0.15, 0.2) is 36.4 Å². The predicted molar refractivity (Wildman–Crippen MR) is 93.6 cm³/mol. The van der Waals surface area contributed by atoms with Gasteiger partial charge in [0.2, 0.25) is 5.91 Å². The Labute approximate surface area is 141 Å². The molecule has 0 atom stereocenters. The normalized spacial score (nSPS) is 13.6. The number of hydrogen-bond donors (Lipinski definition) is 0. The Morgan fingerprint density at radius 3 is 2.65 bits per heavy atom. The van der Waals surface area contributed by atoms with Gasteiger partial charge in [-0.15, -0.1) is 0 Å². The summed E-state index contributed by atoms with van der Waals surface area (Å²) in [4.78, 5) is 14.7. The molecule has 0 radical (unpaired) electrons. The highest BCUT2D eigenvalue weighted by Crippen LogP contribution is 2.38. The molecule has 3 rings (SSSR count). The third kappa shape index (κ3) is 3.20. The Morgan fingerprint density at radius 1 is 1.22 bits per heavy atom. The maximum atomic E-state index is 12.8. The second-order valence-corrected chi connectivity index (χ2v) is 6.30. The van der Waals surface area contributed by atoms with Crippen molar-refractivity contribution in [3.8, 4) is 5.75 Å². The first kappa shape index (κ1) is 15.9. The zero-order valence-electron chi connectivity index (χ0n) is 13.4. The van der Waals surface area contributed by atoms with E-state index in [0.29, 0.717) is 11.4 Å². The van der Waals surface area contributed by atoms with Gasteiger partial charge in [-0.05, 0) is 54.7 Å². The van der Waals surface area contributed by atoms with Crippen LogP contribution >= 0.6 is 11.6 Å². The van der Waals surface area contributed by atoms with Crippen LogP contribution in [-0.4, -0.2) is 19.6 Å². The van der Waals surface area contributed by atoms with Gasteiger partial charge in [-0.1, -0.05) is 29.8 Å². The number of halogens is 1. The Hall–Kier alpha value is -2.00. The molecule has 1 aliphatic heterocycles. The fourth-order valence-electron chi connectivity index (χ4n) is 3.14. The van der Waals surface area contributed by atoms with E-state index < -0.39 is 0 Å². The molecular formula is C19H20ClNO2. The number of aryl methyl sites for hydroxylation is 1. The van der Waals surface area contributed by atoms with Gasteiger partial charge < -0.3 is 9.64 Å². The molecule has 120 valence electrons. The van der Waals surface area contributed by atoms with Crippen molar-refractivity contribution in [1.82, 2.24) is 0 Å². The zero-order valence-corrected chi connectivity index (χ0v) is 14.2. The van der Waals surface area contributed by atoms with Gasteiger partial charge in [0.25, 0.3) is 0 Å². The van der Waals surface area contributed by atoms with Gasteiger partial charge in [-0.25, -0.2) is 0 Å². The molecule has 3 nitrogen and oxygen atoms in total. The molecule has 2 aromatic carbocycles. The summed E-state index contributed by atoms with van der Waals surface area (Å²) in [6.45, 7) is 2.82. The van der Waals surface area contributed by atoms with Crippen molar-refractivity contribution in [2.24, 2.45) is 0 Å². The Morgan fingerprint density at radius 2 is 1.96 bits per heavy atom. The monoisotopic (exact) mass is 329 g/mol. The van der Waals surface area contributed by atoms with Crippen molar-refractivity contribution in [3.63, 3.8) is 0 Å². The van der Waals surface area contributed by atoms with Gasteiger partial charge in [-0.2, -0.15) is 0 Å². The SMILES string of the molecule is COc1ccc(C)c2c1N(C(=O)Cc1ccc(Cl)cc1)CCC2. The molecule has 0 fully saturated rings. The highest BCUT2D eigenvalue weighted by molar-refractivity contribution is 6.30. The third-order valence-electron chi connectivity index (χ3n) is 4.35. The number of benzene rings is 2. The fraction of sp³-hybridized carbons (Fsp3) is 0.316. The van der Waals surface area contributed by atoms with E-state index in [9.17, 15) is 4.79 Å². The second-order valence-electron chi connectivity index (χ2n) is 5.86. The second kappa shape index (κ2) is 6.63. The molecule has 4 heteroatoms. The van der Waals surface area contributed by atoms with Crippen molar-refractivity contribution >= 4 is 23.2 Å². The lowest BCUT2D eigenvalue weighted by Gasteiger charge is -2.32. The van der Waals surface area contributed by atoms with Crippen molar-refractivity contribution in [3.05, 3.63) is 58.1 Å². The number of anilines is 1. The summed E-state index contributed by atoms with van der Waals surface area (Å²) in [7, 11) is 1.65. The van der Waals surface area contributed by atoms with E-state index >= 15 is 0 Å². The summed E-state index contributed by atoms with van der Waals surface area (Å²) < 4.78 is 5.50. The molecule has 1 aliphatic rings.